The summed E-state index contributed by atoms with van der Waals surface area (Å²) in [5.41, 5.74) is 0.924. The normalized spacial score (nSPS) is 22.8. The SMILES string of the molecule is CC/C(=N\O)C(CC)(N1CCCCC1)C(C)(C)C. The second-order valence-corrected chi connectivity index (χ2v) is 6.41. The van der Waals surface area contributed by atoms with Gasteiger partial charge in [-0.1, -0.05) is 46.2 Å². The van der Waals surface area contributed by atoms with Gasteiger partial charge in [0.15, 0.2) is 0 Å². The van der Waals surface area contributed by atoms with Crippen molar-refractivity contribution in [3.8, 4) is 0 Å². The maximum absolute atomic E-state index is 9.45. The molecule has 1 N–H and O–H groups in total. The van der Waals surface area contributed by atoms with Gasteiger partial charge in [-0.3, -0.25) is 4.90 Å². The van der Waals surface area contributed by atoms with Gasteiger partial charge in [-0.25, -0.2) is 0 Å². The van der Waals surface area contributed by atoms with Crippen LogP contribution in [0.5, 0.6) is 0 Å². The molecule has 18 heavy (non-hydrogen) atoms. The highest BCUT2D eigenvalue weighted by molar-refractivity contribution is 5.93. The Bertz CT molecular complexity index is 287. The molecule has 0 aliphatic carbocycles. The molecule has 0 radical (unpaired) electrons. The average Bonchev–Trinajstić information content (AvgIpc) is 2.35. The average molecular weight is 254 g/mol. The van der Waals surface area contributed by atoms with Crippen LogP contribution in [0.15, 0.2) is 5.16 Å². The highest BCUT2D eigenvalue weighted by Gasteiger charge is 2.49. The third-order valence-electron chi connectivity index (χ3n) is 4.58. The first-order valence-corrected chi connectivity index (χ1v) is 7.40. The van der Waals surface area contributed by atoms with E-state index in [9.17, 15) is 5.21 Å². The van der Waals surface area contributed by atoms with Crippen molar-refractivity contribution in [3.63, 3.8) is 0 Å². The fourth-order valence-electron chi connectivity index (χ4n) is 3.77. The molecular formula is C15H30N2O. The van der Waals surface area contributed by atoms with Gasteiger partial charge >= 0.3 is 0 Å². The van der Waals surface area contributed by atoms with E-state index < -0.39 is 0 Å². The Balaban J connectivity index is 3.21. The fraction of sp³-hybridized carbons (Fsp3) is 0.933. The minimum Gasteiger partial charge on any atom is -0.411 e. The first kappa shape index (κ1) is 15.5. The van der Waals surface area contributed by atoms with E-state index in [2.05, 4.69) is 44.7 Å². The van der Waals surface area contributed by atoms with Crippen LogP contribution in [-0.4, -0.2) is 34.4 Å². The van der Waals surface area contributed by atoms with E-state index in [1.165, 1.54) is 19.3 Å². The van der Waals surface area contributed by atoms with E-state index in [1.807, 2.05) is 0 Å². The monoisotopic (exact) mass is 254 g/mol. The summed E-state index contributed by atoms with van der Waals surface area (Å²) in [5.74, 6) is 0. The quantitative estimate of drug-likeness (QED) is 0.469. The van der Waals surface area contributed by atoms with Gasteiger partial charge < -0.3 is 5.21 Å². The summed E-state index contributed by atoms with van der Waals surface area (Å²) in [6, 6.07) is 0. The van der Waals surface area contributed by atoms with Crippen molar-refractivity contribution in [2.45, 2.75) is 72.3 Å². The minimum atomic E-state index is -0.100. The summed E-state index contributed by atoms with van der Waals surface area (Å²) in [6.07, 6.45) is 5.68. The van der Waals surface area contributed by atoms with Crippen molar-refractivity contribution in [3.05, 3.63) is 0 Å². The number of rotatable bonds is 4. The second kappa shape index (κ2) is 6.05. The van der Waals surface area contributed by atoms with Crippen LogP contribution < -0.4 is 0 Å². The topological polar surface area (TPSA) is 35.8 Å². The number of piperidine rings is 1. The molecule has 0 saturated carbocycles. The van der Waals surface area contributed by atoms with Gasteiger partial charge in [0.2, 0.25) is 0 Å². The van der Waals surface area contributed by atoms with Gasteiger partial charge in [-0.2, -0.15) is 0 Å². The molecule has 1 saturated heterocycles. The predicted molar refractivity (Wildman–Crippen MR) is 77.4 cm³/mol. The van der Waals surface area contributed by atoms with Crippen LogP contribution in [0.25, 0.3) is 0 Å². The van der Waals surface area contributed by atoms with Crippen LogP contribution in [0.1, 0.15) is 66.7 Å². The van der Waals surface area contributed by atoms with Gasteiger partial charge in [0.1, 0.15) is 0 Å². The standard InChI is InChI=1S/C15H30N2O/c1-6-13(16-18)15(7-2,14(3,4)5)17-11-9-8-10-12-17/h18H,6-12H2,1-5H3/b16-13+. The zero-order valence-corrected chi connectivity index (χ0v) is 12.8. The molecule has 1 heterocycles. The molecule has 0 aromatic carbocycles. The van der Waals surface area contributed by atoms with Crippen molar-refractivity contribution in [2.24, 2.45) is 10.6 Å². The highest BCUT2D eigenvalue weighted by Crippen LogP contribution is 2.42. The third kappa shape index (κ3) is 2.56. The summed E-state index contributed by atoms with van der Waals surface area (Å²) in [4.78, 5) is 2.56. The highest BCUT2D eigenvalue weighted by atomic mass is 16.4. The zero-order chi connectivity index (χ0) is 13.8. The molecule has 1 aliphatic rings. The maximum atomic E-state index is 9.45. The van der Waals surface area contributed by atoms with Crippen molar-refractivity contribution >= 4 is 5.71 Å². The largest absolute Gasteiger partial charge is 0.411 e. The lowest BCUT2D eigenvalue weighted by molar-refractivity contribution is 0.0263. The Morgan fingerprint density at radius 2 is 1.67 bits per heavy atom. The van der Waals surface area contributed by atoms with Gasteiger partial charge in [0, 0.05) is 0 Å². The number of hydrogen-bond acceptors (Lipinski definition) is 3. The van der Waals surface area contributed by atoms with E-state index in [4.69, 9.17) is 0 Å². The van der Waals surface area contributed by atoms with Crippen molar-refractivity contribution < 1.29 is 5.21 Å². The molecule has 0 bridgehead atoms. The molecule has 3 nitrogen and oxygen atoms in total. The molecule has 106 valence electrons. The third-order valence-corrected chi connectivity index (χ3v) is 4.58. The van der Waals surface area contributed by atoms with Gasteiger partial charge in [0.05, 0.1) is 11.3 Å². The molecule has 1 fully saturated rings. The van der Waals surface area contributed by atoms with Crippen molar-refractivity contribution in [1.29, 1.82) is 0 Å². The maximum Gasteiger partial charge on any atom is 0.0775 e. The smallest absolute Gasteiger partial charge is 0.0775 e. The zero-order valence-electron chi connectivity index (χ0n) is 12.8. The van der Waals surface area contributed by atoms with Crippen molar-refractivity contribution in [2.75, 3.05) is 13.1 Å². The molecule has 1 aliphatic heterocycles. The lowest BCUT2D eigenvalue weighted by atomic mass is 9.66. The van der Waals surface area contributed by atoms with Crippen LogP contribution in [0, 0.1) is 5.41 Å². The summed E-state index contributed by atoms with van der Waals surface area (Å²) in [7, 11) is 0. The van der Waals surface area contributed by atoms with E-state index in [-0.39, 0.29) is 11.0 Å². The molecule has 1 atom stereocenters. The molecule has 0 aromatic rings. The number of hydrogen-bond donors (Lipinski definition) is 1. The number of nitrogens with zero attached hydrogens (tertiary/aromatic N) is 2. The van der Waals surface area contributed by atoms with Crippen LogP contribution in [-0.2, 0) is 0 Å². The van der Waals surface area contributed by atoms with E-state index in [0.29, 0.717) is 0 Å². The Morgan fingerprint density at radius 3 is 2.00 bits per heavy atom. The molecule has 0 amide bonds. The molecule has 3 heteroatoms. The predicted octanol–water partition coefficient (Wildman–Crippen LogP) is 3.91. The molecule has 1 rings (SSSR count). The van der Waals surface area contributed by atoms with E-state index >= 15 is 0 Å². The first-order chi connectivity index (χ1) is 8.44. The molecule has 0 aromatic heterocycles. The van der Waals surface area contributed by atoms with E-state index in [0.717, 1.165) is 31.6 Å². The Labute approximate surface area is 112 Å². The fourth-order valence-corrected chi connectivity index (χ4v) is 3.77. The van der Waals surface area contributed by atoms with Crippen molar-refractivity contribution in [1.82, 2.24) is 4.90 Å². The Kier molecular flexibility index (Phi) is 5.20. The van der Waals surface area contributed by atoms with Gasteiger partial charge in [-0.05, 0) is 44.2 Å². The van der Waals surface area contributed by atoms with E-state index in [1.54, 1.807) is 0 Å². The first-order valence-electron chi connectivity index (χ1n) is 7.40. The number of oxime groups is 1. The minimum absolute atomic E-state index is 0.0800. The van der Waals surface area contributed by atoms with Gasteiger partial charge in [0.25, 0.3) is 0 Å². The lowest BCUT2D eigenvalue weighted by Crippen LogP contribution is -2.63. The summed E-state index contributed by atoms with van der Waals surface area (Å²) in [6.45, 7) is 13.4. The number of likely N-dealkylation sites (tertiary alicyclic amines) is 1. The summed E-state index contributed by atoms with van der Waals surface area (Å²) < 4.78 is 0. The summed E-state index contributed by atoms with van der Waals surface area (Å²) >= 11 is 0. The van der Waals surface area contributed by atoms with Crippen LogP contribution in [0.4, 0.5) is 0 Å². The Hall–Kier alpha value is -0.570. The van der Waals surface area contributed by atoms with Crippen LogP contribution in [0.3, 0.4) is 0 Å². The molecule has 0 spiro atoms. The molecule has 1 unspecified atom stereocenters. The van der Waals surface area contributed by atoms with Crippen LogP contribution >= 0.6 is 0 Å². The Morgan fingerprint density at radius 1 is 1.11 bits per heavy atom. The van der Waals surface area contributed by atoms with Crippen LogP contribution in [0.2, 0.25) is 0 Å². The van der Waals surface area contributed by atoms with Gasteiger partial charge in [-0.15, -0.1) is 0 Å². The second-order valence-electron chi connectivity index (χ2n) is 6.41. The lowest BCUT2D eigenvalue weighted by Gasteiger charge is -2.53. The summed E-state index contributed by atoms with van der Waals surface area (Å²) in [5, 5.41) is 13.1. The molecular weight excluding hydrogens is 224 g/mol.